The molecule has 0 aliphatic rings. The lowest BCUT2D eigenvalue weighted by atomic mass is 10.2. The van der Waals surface area contributed by atoms with Gasteiger partial charge < -0.3 is 14.8 Å². The summed E-state index contributed by atoms with van der Waals surface area (Å²) in [4.78, 5) is 18.1. The molecule has 2 heterocycles. The number of thiazole rings is 1. The number of hydrogen-bond donors (Lipinski definition) is 2. The first-order valence-corrected chi connectivity index (χ1v) is 7.07. The quantitative estimate of drug-likeness (QED) is 0.773. The third kappa shape index (κ3) is 2.66. The van der Waals surface area contributed by atoms with Crippen LogP contribution in [-0.2, 0) is 0 Å². The van der Waals surface area contributed by atoms with E-state index in [1.54, 1.807) is 19.4 Å². The SMILES string of the molecule is COc1cccc(-c2nc(-c3c[nH]c(C(=O)O)c3)cs2)c1. The molecule has 2 aromatic heterocycles. The minimum atomic E-state index is -0.982. The second-order valence-electron chi connectivity index (χ2n) is 4.38. The number of rotatable bonds is 4. The van der Waals surface area contributed by atoms with Crippen molar-refractivity contribution in [3.63, 3.8) is 0 Å². The molecule has 0 radical (unpaired) electrons. The molecule has 0 unspecified atom stereocenters. The molecular weight excluding hydrogens is 288 g/mol. The number of aromatic carboxylic acids is 1. The number of carboxylic acids is 1. The molecule has 3 rings (SSSR count). The van der Waals surface area contributed by atoms with Gasteiger partial charge in [0.1, 0.15) is 16.5 Å². The molecule has 0 fully saturated rings. The van der Waals surface area contributed by atoms with Crippen LogP contribution in [0.2, 0.25) is 0 Å². The van der Waals surface area contributed by atoms with Crippen molar-refractivity contribution in [1.29, 1.82) is 0 Å². The third-order valence-electron chi connectivity index (χ3n) is 3.03. The number of carbonyl (C=O) groups is 1. The Hall–Kier alpha value is -2.60. The number of aromatic nitrogens is 2. The van der Waals surface area contributed by atoms with E-state index in [1.807, 2.05) is 29.6 Å². The molecule has 1 aromatic carbocycles. The highest BCUT2D eigenvalue weighted by molar-refractivity contribution is 7.13. The maximum absolute atomic E-state index is 10.9. The lowest BCUT2D eigenvalue weighted by molar-refractivity contribution is 0.0691. The number of nitrogens with zero attached hydrogens (tertiary/aromatic N) is 1. The normalized spacial score (nSPS) is 10.5. The molecule has 0 amide bonds. The van der Waals surface area contributed by atoms with Gasteiger partial charge >= 0.3 is 5.97 Å². The molecule has 3 aromatic rings. The van der Waals surface area contributed by atoms with Crippen molar-refractivity contribution in [2.24, 2.45) is 0 Å². The highest BCUT2D eigenvalue weighted by Crippen LogP contribution is 2.30. The number of H-pyrrole nitrogens is 1. The van der Waals surface area contributed by atoms with Gasteiger partial charge in [-0.3, -0.25) is 0 Å². The van der Waals surface area contributed by atoms with Crippen LogP contribution in [0.25, 0.3) is 21.8 Å². The van der Waals surface area contributed by atoms with Gasteiger partial charge in [0.05, 0.1) is 12.8 Å². The number of ether oxygens (including phenoxy) is 1. The average molecular weight is 300 g/mol. The van der Waals surface area contributed by atoms with Gasteiger partial charge in [0, 0.05) is 22.7 Å². The standard InChI is InChI=1S/C15H12N2O3S/c1-20-11-4-2-3-9(5-11)14-17-13(8-21-14)10-6-12(15(18)19)16-7-10/h2-8,16H,1H3,(H,18,19). The first kappa shape index (κ1) is 13.4. The summed E-state index contributed by atoms with van der Waals surface area (Å²) < 4.78 is 5.20. The van der Waals surface area contributed by atoms with Gasteiger partial charge in [-0.25, -0.2) is 9.78 Å². The minimum absolute atomic E-state index is 0.154. The summed E-state index contributed by atoms with van der Waals surface area (Å²) in [5.74, 6) is -0.205. The summed E-state index contributed by atoms with van der Waals surface area (Å²) in [5.41, 5.74) is 2.64. The fourth-order valence-corrected chi connectivity index (χ4v) is 2.79. The molecular formula is C15H12N2O3S. The Morgan fingerprint density at radius 3 is 2.90 bits per heavy atom. The van der Waals surface area contributed by atoms with Crippen molar-refractivity contribution >= 4 is 17.3 Å². The molecule has 21 heavy (non-hydrogen) atoms. The van der Waals surface area contributed by atoms with Crippen molar-refractivity contribution in [2.75, 3.05) is 7.11 Å². The maximum Gasteiger partial charge on any atom is 0.352 e. The molecule has 0 saturated carbocycles. The molecule has 0 saturated heterocycles. The van der Waals surface area contributed by atoms with E-state index >= 15 is 0 Å². The van der Waals surface area contributed by atoms with Crippen molar-refractivity contribution in [3.8, 4) is 27.6 Å². The van der Waals surface area contributed by atoms with Crippen LogP contribution in [0.5, 0.6) is 5.75 Å². The Balaban J connectivity index is 1.93. The Morgan fingerprint density at radius 2 is 2.19 bits per heavy atom. The van der Waals surface area contributed by atoms with Gasteiger partial charge in [0.15, 0.2) is 0 Å². The van der Waals surface area contributed by atoms with E-state index < -0.39 is 5.97 Å². The third-order valence-corrected chi connectivity index (χ3v) is 3.92. The van der Waals surface area contributed by atoms with Crippen LogP contribution in [0.3, 0.4) is 0 Å². The molecule has 0 spiro atoms. The Kier molecular flexibility index (Phi) is 3.45. The van der Waals surface area contributed by atoms with E-state index in [1.165, 1.54) is 11.3 Å². The van der Waals surface area contributed by atoms with Crippen LogP contribution in [0.1, 0.15) is 10.5 Å². The Morgan fingerprint density at radius 1 is 1.33 bits per heavy atom. The molecule has 0 aliphatic heterocycles. The van der Waals surface area contributed by atoms with Crippen molar-refractivity contribution in [1.82, 2.24) is 9.97 Å². The predicted molar refractivity (Wildman–Crippen MR) is 80.8 cm³/mol. The van der Waals surface area contributed by atoms with Crippen LogP contribution >= 0.6 is 11.3 Å². The Labute approximate surface area is 124 Å². The van der Waals surface area contributed by atoms with Crippen molar-refractivity contribution < 1.29 is 14.6 Å². The molecule has 6 heteroatoms. The number of hydrogen-bond acceptors (Lipinski definition) is 4. The molecule has 5 nitrogen and oxygen atoms in total. The summed E-state index contributed by atoms with van der Waals surface area (Å²) in [7, 11) is 1.62. The van der Waals surface area contributed by atoms with Gasteiger partial charge in [0.2, 0.25) is 0 Å². The predicted octanol–water partition coefficient (Wildman–Crippen LogP) is 3.51. The van der Waals surface area contributed by atoms with Crippen LogP contribution in [-0.4, -0.2) is 28.2 Å². The van der Waals surface area contributed by atoms with Crippen LogP contribution < -0.4 is 4.74 Å². The zero-order valence-electron chi connectivity index (χ0n) is 11.2. The van der Waals surface area contributed by atoms with Crippen LogP contribution in [0, 0.1) is 0 Å². The van der Waals surface area contributed by atoms with Crippen molar-refractivity contribution in [2.45, 2.75) is 0 Å². The summed E-state index contributed by atoms with van der Waals surface area (Å²) in [6, 6.07) is 9.25. The number of carboxylic acid groups (broad SMARTS) is 1. The van der Waals surface area contributed by atoms with E-state index in [-0.39, 0.29) is 5.69 Å². The molecule has 0 bridgehead atoms. The highest BCUT2D eigenvalue weighted by atomic mass is 32.1. The van der Waals surface area contributed by atoms with Gasteiger partial charge in [-0.05, 0) is 18.2 Å². The summed E-state index contributed by atoms with van der Waals surface area (Å²) >= 11 is 1.51. The molecule has 0 aliphatic carbocycles. The molecule has 2 N–H and O–H groups in total. The number of nitrogens with one attached hydrogen (secondary N) is 1. The van der Waals surface area contributed by atoms with Crippen molar-refractivity contribution in [3.05, 3.63) is 47.6 Å². The first-order chi connectivity index (χ1) is 10.2. The highest BCUT2D eigenvalue weighted by Gasteiger charge is 2.11. The lowest BCUT2D eigenvalue weighted by Crippen LogP contribution is -1.94. The fraction of sp³-hybridized carbons (Fsp3) is 0.0667. The largest absolute Gasteiger partial charge is 0.497 e. The van der Waals surface area contributed by atoms with E-state index in [4.69, 9.17) is 9.84 Å². The van der Waals surface area contributed by atoms with E-state index in [2.05, 4.69) is 9.97 Å². The zero-order valence-corrected chi connectivity index (χ0v) is 12.0. The van der Waals surface area contributed by atoms with Gasteiger partial charge in [-0.2, -0.15) is 0 Å². The van der Waals surface area contributed by atoms with Crippen LogP contribution in [0.4, 0.5) is 0 Å². The second-order valence-corrected chi connectivity index (χ2v) is 5.24. The number of aromatic amines is 1. The summed E-state index contributed by atoms with van der Waals surface area (Å²) in [6.07, 6.45) is 1.65. The number of methoxy groups -OCH3 is 1. The first-order valence-electron chi connectivity index (χ1n) is 6.19. The average Bonchev–Trinajstić information content (AvgIpc) is 3.16. The monoisotopic (exact) mass is 300 g/mol. The van der Waals surface area contributed by atoms with E-state index in [0.717, 1.165) is 27.6 Å². The van der Waals surface area contributed by atoms with E-state index in [9.17, 15) is 4.79 Å². The van der Waals surface area contributed by atoms with Gasteiger partial charge in [-0.15, -0.1) is 11.3 Å². The number of benzene rings is 1. The summed E-state index contributed by atoms with van der Waals surface area (Å²) in [6.45, 7) is 0. The topological polar surface area (TPSA) is 75.2 Å². The molecule has 0 atom stereocenters. The maximum atomic E-state index is 10.9. The Bertz CT molecular complexity index is 792. The smallest absolute Gasteiger partial charge is 0.352 e. The van der Waals surface area contributed by atoms with Gasteiger partial charge in [-0.1, -0.05) is 12.1 Å². The minimum Gasteiger partial charge on any atom is -0.497 e. The summed E-state index contributed by atoms with van der Waals surface area (Å²) in [5, 5.41) is 11.7. The second kappa shape index (κ2) is 5.41. The van der Waals surface area contributed by atoms with Gasteiger partial charge in [0.25, 0.3) is 0 Å². The molecule has 106 valence electrons. The fourth-order valence-electron chi connectivity index (χ4n) is 1.96. The van der Waals surface area contributed by atoms with E-state index in [0.29, 0.717) is 0 Å². The van der Waals surface area contributed by atoms with Crippen LogP contribution in [0.15, 0.2) is 41.9 Å². The zero-order chi connectivity index (χ0) is 14.8. The lowest BCUT2D eigenvalue weighted by Gasteiger charge is -2.01.